The van der Waals surface area contributed by atoms with Crippen LogP contribution in [0.1, 0.15) is 0 Å². The van der Waals surface area contributed by atoms with E-state index in [2.05, 4.69) is 22.1 Å². The Morgan fingerprint density at radius 2 is 1.80 bits per heavy atom. The number of aryl methyl sites for hydroxylation is 1. The number of hydrogen-bond donors (Lipinski definition) is 0. The zero-order valence-corrected chi connectivity index (χ0v) is 12.4. The van der Waals surface area contributed by atoms with Crippen LogP contribution in [0.25, 0.3) is 22.2 Å². The predicted molar refractivity (Wildman–Crippen MR) is 84.8 cm³/mol. The third-order valence-electron chi connectivity index (χ3n) is 3.33. The fourth-order valence-electron chi connectivity index (χ4n) is 2.44. The number of benzene rings is 2. The normalized spacial score (nSPS) is 10.7. The SMILES string of the molecule is Cn1c(-c2ccc(Cl)cc2)c(SC#N)c2ccccc21. The van der Waals surface area contributed by atoms with E-state index >= 15 is 0 Å². The standard InChI is InChI=1S/C16H11ClN2S/c1-19-14-5-3-2-4-13(14)16(20-10-18)15(19)11-6-8-12(17)9-7-11/h2-9H,1H3. The summed E-state index contributed by atoms with van der Waals surface area (Å²) < 4.78 is 2.12. The van der Waals surface area contributed by atoms with Crippen LogP contribution in [0, 0.1) is 10.7 Å². The lowest BCUT2D eigenvalue weighted by molar-refractivity contribution is 0.968. The van der Waals surface area contributed by atoms with Crippen molar-refractivity contribution in [2.45, 2.75) is 4.90 Å². The predicted octanol–water partition coefficient (Wildman–Crippen LogP) is 5.07. The molecule has 0 saturated heterocycles. The Balaban J connectivity index is 2.34. The van der Waals surface area contributed by atoms with Crippen molar-refractivity contribution >= 4 is 34.3 Å². The Bertz CT molecular complexity index is 813. The molecule has 3 rings (SSSR count). The van der Waals surface area contributed by atoms with Gasteiger partial charge in [0.25, 0.3) is 0 Å². The van der Waals surface area contributed by atoms with Crippen LogP contribution in [0.3, 0.4) is 0 Å². The Hall–Kier alpha value is -1.89. The summed E-state index contributed by atoms with van der Waals surface area (Å²) in [5.41, 5.74) is 3.23. The van der Waals surface area contributed by atoms with E-state index in [1.165, 1.54) is 11.8 Å². The molecule has 1 aromatic heterocycles. The van der Waals surface area contributed by atoms with Gasteiger partial charge in [-0.05, 0) is 35.5 Å². The van der Waals surface area contributed by atoms with E-state index in [0.717, 1.165) is 27.1 Å². The van der Waals surface area contributed by atoms with Crippen LogP contribution in [0.15, 0.2) is 53.4 Å². The van der Waals surface area contributed by atoms with Gasteiger partial charge in [0, 0.05) is 23.0 Å². The number of para-hydroxylation sites is 1. The number of fused-ring (bicyclic) bond motifs is 1. The van der Waals surface area contributed by atoms with E-state index in [9.17, 15) is 0 Å². The highest BCUT2D eigenvalue weighted by Gasteiger charge is 2.16. The highest BCUT2D eigenvalue weighted by atomic mass is 35.5. The van der Waals surface area contributed by atoms with Gasteiger partial charge in [-0.2, -0.15) is 5.26 Å². The molecule has 0 atom stereocenters. The van der Waals surface area contributed by atoms with Crippen molar-refractivity contribution in [3.8, 4) is 16.7 Å². The molecule has 0 aliphatic carbocycles. The van der Waals surface area contributed by atoms with E-state index in [-0.39, 0.29) is 0 Å². The number of hydrogen-bond acceptors (Lipinski definition) is 2. The maximum Gasteiger partial charge on any atom is 0.138 e. The highest BCUT2D eigenvalue weighted by Crippen LogP contribution is 2.39. The van der Waals surface area contributed by atoms with Gasteiger partial charge in [-0.1, -0.05) is 41.9 Å². The Morgan fingerprint density at radius 1 is 1.10 bits per heavy atom. The second-order valence-electron chi connectivity index (χ2n) is 4.45. The third-order valence-corrected chi connectivity index (χ3v) is 4.29. The first kappa shape index (κ1) is 13.1. The van der Waals surface area contributed by atoms with E-state index < -0.39 is 0 Å². The molecule has 0 aliphatic heterocycles. The van der Waals surface area contributed by atoms with Gasteiger partial charge >= 0.3 is 0 Å². The van der Waals surface area contributed by atoms with Crippen molar-refractivity contribution in [3.63, 3.8) is 0 Å². The van der Waals surface area contributed by atoms with Gasteiger partial charge in [-0.25, -0.2) is 0 Å². The second kappa shape index (κ2) is 5.24. The van der Waals surface area contributed by atoms with Crippen molar-refractivity contribution in [1.29, 1.82) is 5.26 Å². The van der Waals surface area contributed by atoms with Gasteiger partial charge in [0.1, 0.15) is 5.40 Å². The molecule has 0 radical (unpaired) electrons. The summed E-state index contributed by atoms with van der Waals surface area (Å²) >= 11 is 7.16. The number of thiocyanates is 1. The number of halogens is 1. The molecule has 0 amide bonds. The molecule has 2 aromatic carbocycles. The minimum absolute atomic E-state index is 0.710. The maximum absolute atomic E-state index is 9.09. The number of thioether (sulfide) groups is 1. The quantitative estimate of drug-likeness (QED) is 0.488. The Morgan fingerprint density at radius 3 is 2.50 bits per heavy atom. The van der Waals surface area contributed by atoms with Crippen molar-refractivity contribution in [1.82, 2.24) is 4.57 Å². The minimum Gasteiger partial charge on any atom is -0.343 e. The lowest BCUT2D eigenvalue weighted by Crippen LogP contribution is -1.91. The smallest absolute Gasteiger partial charge is 0.138 e. The Kier molecular flexibility index (Phi) is 3.43. The summed E-state index contributed by atoms with van der Waals surface area (Å²) in [7, 11) is 2.02. The molecule has 20 heavy (non-hydrogen) atoms. The summed E-state index contributed by atoms with van der Waals surface area (Å²) in [5, 5.41) is 13.1. The van der Waals surface area contributed by atoms with Gasteiger partial charge in [0.2, 0.25) is 0 Å². The van der Waals surface area contributed by atoms with Gasteiger partial charge < -0.3 is 4.57 Å². The molecule has 2 nitrogen and oxygen atoms in total. The summed E-state index contributed by atoms with van der Waals surface area (Å²) in [4.78, 5) is 0.993. The zero-order valence-electron chi connectivity index (χ0n) is 10.8. The van der Waals surface area contributed by atoms with Crippen LogP contribution in [0.4, 0.5) is 0 Å². The number of nitrogens with zero attached hydrogens (tertiary/aromatic N) is 2. The molecular weight excluding hydrogens is 288 g/mol. The topological polar surface area (TPSA) is 28.7 Å². The molecule has 0 spiro atoms. The van der Waals surface area contributed by atoms with E-state index in [1.54, 1.807) is 0 Å². The molecule has 0 bridgehead atoms. The van der Waals surface area contributed by atoms with E-state index in [4.69, 9.17) is 16.9 Å². The molecule has 4 heteroatoms. The molecule has 0 fully saturated rings. The van der Waals surface area contributed by atoms with E-state index in [0.29, 0.717) is 5.02 Å². The summed E-state index contributed by atoms with van der Waals surface area (Å²) in [6.45, 7) is 0. The molecule has 1 heterocycles. The first-order valence-corrected chi connectivity index (χ1v) is 7.31. The van der Waals surface area contributed by atoms with Crippen LogP contribution in [0.2, 0.25) is 5.02 Å². The summed E-state index contributed by atoms with van der Waals surface area (Å²) in [5.74, 6) is 0. The van der Waals surface area contributed by atoms with Crippen LogP contribution in [-0.2, 0) is 7.05 Å². The van der Waals surface area contributed by atoms with Crippen LogP contribution in [0.5, 0.6) is 0 Å². The number of nitriles is 1. The second-order valence-corrected chi connectivity index (χ2v) is 5.69. The van der Waals surface area contributed by atoms with Crippen LogP contribution < -0.4 is 0 Å². The fraction of sp³-hybridized carbons (Fsp3) is 0.0625. The van der Waals surface area contributed by atoms with Gasteiger partial charge in [0.15, 0.2) is 0 Å². The molecule has 0 N–H and O–H groups in total. The van der Waals surface area contributed by atoms with Crippen molar-refractivity contribution < 1.29 is 0 Å². The zero-order chi connectivity index (χ0) is 14.1. The molecule has 0 aliphatic rings. The van der Waals surface area contributed by atoms with Gasteiger partial charge in [-0.3, -0.25) is 0 Å². The van der Waals surface area contributed by atoms with Crippen LogP contribution >= 0.6 is 23.4 Å². The molecule has 0 unspecified atom stereocenters. The number of rotatable bonds is 2. The van der Waals surface area contributed by atoms with Crippen molar-refractivity contribution in [3.05, 3.63) is 53.6 Å². The van der Waals surface area contributed by atoms with Crippen molar-refractivity contribution in [2.24, 2.45) is 7.05 Å². The largest absolute Gasteiger partial charge is 0.343 e. The van der Waals surface area contributed by atoms with Gasteiger partial charge in [0.05, 0.1) is 10.6 Å². The first-order chi connectivity index (χ1) is 9.72. The monoisotopic (exact) mass is 298 g/mol. The lowest BCUT2D eigenvalue weighted by atomic mass is 10.1. The fourth-order valence-corrected chi connectivity index (χ4v) is 3.29. The molecule has 98 valence electrons. The Labute approximate surface area is 126 Å². The average molecular weight is 299 g/mol. The molecule has 0 saturated carbocycles. The first-order valence-electron chi connectivity index (χ1n) is 6.11. The minimum atomic E-state index is 0.710. The molecule has 3 aromatic rings. The van der Waals surface area contributed by atoms with Gasteiger partial charge in [-0.15, -0.1) is 0 Å². The summed E-state index contributed by atoms with van der Waals surface area (Å²) in [6.07, 6.45) is 0. The molecular formula is C16H11ClN2S. The lowest BCUT2D eigenvalue weighted by Gasteiger charge is -2.06. The summed E-state index contributed by atoms with van der Waals surface area (Å²) in [6, 6.07) is 15.8. The maximum atomic E-state index is 9.09. The van der Waals surface area contributed by atoms with E-state index in [1.807, 2.05) is 43.4 Å². The number of aromatic nitrogens is 1. The third kappa shape index (κ3) is 2.07. The van der Waals surface area contributed by atoms with Crippen molar-refractivity contribution in [2.75, 3.05) is 0 Å². The average Bonchev–Trinajstić information content (AvgIpc) is 2.74. The van der Waals surface area contributed by atoms with Crippen LogP contribution in [-0.4, -0.2) is 4.57 Å². The highest BCUT2D eigenvalue weighted by molar-refractivity contribution is 8.04.